The Kier molecular flexibility index (Phi) is 6.16. The fourth-order valence-electron chi connectivity index (χ4n) is 1.82. The summed E-state index contributed by atoms with van der Waals surface area (Å²) in [5.41, 5.74) is 2.87. The van der Waals surface area contributed by atoms with Gasteiger partial charge in [-0.25, -0.2) is 0 Å². The molecule has 8 heteroatoms. The summed E-state index contributed by atoms with van der Waals surface area (Å²) in [6.45, 7) is 5.50. The molecule has 0 amide bonds. The number of hydrogen-bond donors (Lipinski definition) is 2. The van der Waals surface area contributed by atoms with Crippen molar-refractivity contribution in [3.05, 3.63) is 18.2 Å². The maximum absolute atomic E-state index is 5.64. The van der Waals surface area contributed by atoms with E-state index in [1.807, 2.05) is 38.1 Å². The van der Waals surface area contributed by atoms with E-state index in [1.54, 1.807) is 6.08 Å². The van der Waals surface area contributed by atoms with E-state index < -0.39 is 0 Å². The molecule has 1 aromatic rings. The predicted octanol–water partition coefficient (Wildman–Crippen LogP) is 1.58. The Morgan fingerprint density at radius 3 is 2.74 bits per heavy atom. The van der Waals surface area contributed by atoms with Crippen molar-refractivity contribution in [2.24, 2.45) is 5.10 Å². The standard InChI is InChI=1S/C15H24N6O2/c1-5-9-22-13-7-8-14(20-19-13)23-15-17-11(16-6-2)10-12(18-15)21(3)4/h7-8,10,13,19H,5-6,9H2,1-4H3,(H,16,17,18)/t13-/m0/s1. The van der Waals surface area contributed by atoms with Crippen molar-refractivity contribution < 1.29 is 9.47 Å². The Bertz CT molecular complexity index is 573. The van der Waals surface area contributed by atoms with E-state index in [0.29, 0.717) is 18.3 Å². The average molecular weight is 320 g/mol. The van der Waals surface area contributed by atoms with Gasteiger partial charge in [0.2, 0.25) is 5.90 Å². The summed E-state index contributed by atoms with van der Waals surface area (Å²) in [5.74, 6) is 1.85. The van der Waals surface area contributed by atoms with Crippen LogP contribution < -0.4 is 20.4 Å². The first kappa shape index (κ1) is 17.0. The van der Waals surface area contributed by atoms with Gasteiger partial charge in [-0.05, 0) is 19.4 Å². The summed E-state index contributed by atoms with van der Waals surface area (Å²) in [6, 6.07) is 2.10. The van der Waals surface area contributed by atoms with Crippen molar-refractivity contribution in [1.29, 1.82) is 0 Å². The number of rotatable bonds is 7. The van der Waals surface area contributed by atoms with Crippen molar-refractivity contribution in [2.75, 3.05) is 37.5 Å². The van der Waals surface area contributed by atoms with Crippen LogP contribution in [-0.4, -0.2) is 49.3 Å². The Hall–Kier alpha value is -2.35. The lowest BCUT2D eigenvalue weighted by Crippen LogP contribution is -2.31. The van der Waals surface area contributed by atoms with Crippen LogP contribution in [-0.2, 0) is 4.74 Å². The first-order valence-corrected chi connectivity index (χ1v) is 7.73. The van der Waals surface area contributed by atoms with E-state index >= 15 is 0 Å². The summed E-state index contributed by atoms with van der Waals surface area (Å²) < 4.78 is 11.2. The van der Waals surface area contributed by atoms with Crippen LogP contribution >= 0.6 is 0 Å². The van der Waals surface area contributed by atoms with E-state index in [-0.39, 0.29) is 12.2 Å². The minimum atomic E-state index is -0.228. The van der Waals surface area contributed by atoms with Gasteiger partial charge < -0.3 is 19.7 Å². The van der Waals surface area contributed by atoms with Crippen molar-refractivity contribution in [3.8, 4) is 6.01 Å². The lowest BCUT2D eigenvalue weighted by atomic mass is 10.4. The molecule has 1 aliphatic heterocycles. The normalized spacial score (nSPS) is 16.5. The Morgan fingerprint density at radius 2 is 2.13 bits per heavy atom. The Morgan fingerprint density at radius 1 is 1.30 bits per heavy atom. The number of ether oxygens (including phenoxy) is 2. The number of hydrazone groups is 1. The van der Waals surface area contributed by atoms with Crippen molar-refractivity contribution in [2.45, 2.75) is 26.5 Å². The first-order chi connectivity index (χ1) is 11.1. The number of anilines is 2. The fourth-order valence-corrected chi connectivity index (χ4v) is 1.82. The van der Waals surface area contributed by atoms with Crippen LogP contribution in [0.15, 0.2) is 23.3 Å². The number of nitrogens with zero attached hydrogens (tertiary/aromatic N) is 4. The molecule has 0 unspecified atom stereocenters. The summed E-state index contributed by atoms with van der Waals surface area (Å²) in [5, 5.41) is 7.29. The maximum Gasteiger partial charge on any atom is 0.327 e. The molecule has 2 rings (SSSR count). The van der Waals surface area contributed by atoms with Crippen molar-refractivity contribution in [1.82, 2.24) is 15.4 Å². The second-order valence-electron chi connectivity index (χ2n) is 5.15. The average Bonchev–Trinajstić information content (AvgIpc) is 2.54. The van der Waals surface area contributed by atoms with Gasteiger partial charge in [-0.1, -0.05) is 6.92 Å². The van der Waals surface area contributed by atoms with Crippen LogP contribution in [0.5, 0.6) is 6.01 Å². The van der Waals surface area contributed by atoms with E-state index in [4.69, 9.17) is 9.47 Å². The molecule has 2 heterocycles. The van der Waals surface area contributed by atoms with Crippen LogP contribution in [0.1, 0.15) is 20.3 Å². The second kappa shape index (κ2) is 8.33. The van der Waals surface area contributed by atoms with Gasteiger partial charge >= 0.3 is 6.01 Å². The minimum Gasteiger partial charge on any atom is -0.404 e. The van der Waals surface area contributed by atoms with Crippen LogP contribution in [0.25, 0.3) is 0 Å². The molecule has 0 saturated heterocycles. The van der Waals surface area contributed by atoms with Gasteiger partial charge in [0.15, 0.2) is 6.23 Å². The molecule has 0 spiro atoms. The molecule has 1 atom stereocenters. The highest BCUT2D eigenvalue weighted by Gasteiger charge is 2.13. The van der Waals surface area contributed by atoms with Gasteiger partial charge in [-0.2, -0.15) is 9.97 Å². The lowest BCUT2D eigenvalue weighted by Gasteiger charge is -2.18. The zero-order valence-electron chi connectivity index (χ0n) is 14.0. The molecule has 0 fully saturated rings. The third-order valence-electron chi connectivity index (χ3n) is 2.92. The zero-order valence-corrected chi connectivity index (χ0v) is 14.0. The van der Waals surface area contributed by atoms with Gasteiger partial charge in [0.25, 0.3) is 0 Å². The number of nitrogens with one attached hydrogen (secondary N) is 2. The molecule has 0 bridgehead atoms. The summed E-state index contributed by atoms with van der Waals surface area (Å²) in [7, 11) is 3.83. The molecule has 0 radical (unpaired) electrons. The molecule has 1 aromatic heterocycles. The van der Waals surface area contributed by atoms with E-state index in [1.165, 1.54) is 0 Å². The molecule has 0 aliphatic carbocycles. The molecule has 1 aliphatic rings. The smallest absolute Gasteiger partial charge is 0.327 e. The molecule has 2 N–H and O–H groups in total. The van der Waals surface area contributed by atoms with Gasteiger partial charge in [-0.15, -0.1) is 5.10 Å². The zero-order chi connectivity index (χ0) is 16.7. The molecular formula is C15H24N6O2. The highest BCUT2D eigenvalue weighted by Crippen LogP contribution is 2.18. The van der Waals surface area contributed by atoms with Gasteiger partial charge in [0.05, 0.1) is 0 Å². The fraction of sp³-hybridized carbons (Fsp3) is 0.533. The highest BCUT2D eigenvalue weighted by atomic mass is 16.5. The van der Waals surface area contributed by atoms with E-state index in [2.05, 4.69) is 32.7 Å². The first-order valence-electron chi connectivity index (χ1n) is 7.73. The topological polar surface area (TPSA) is 83.9 Å². The molecule has 0 saturated carbocycles. The van der Waals surface area contributed by atoms with Gasteiger partial charge in [0.1, 0.15) is 11.6 Å². The van der Waals surface area contributed by atoms with E-state index in [0.717, 1.165) is 18.8 Å². The summed E-state index contributed by atoms with van der Waals surface area (Å²) in [4.78, 5) is 10.6. The SMILES string of the molecule is CCCO[C@H]1C=CC(Oc2nc(NCC)cc(N(C)C)n2)=NN1. The van der Waals surface area contributed by atoms with Crippen LogP contribution in [0.3, 0.4) is 0 Å². The maximum atomic E-state index is 5.64. The lowest BCUT2D eigenvalue weighted by molar-refractivity contribution is 0.0621. The predicted molar refractivity (Wildman–Crippen MR) is 90.9 cm³/mol. The largest absolute Gasteiger partial charge is 0.404 e. The minimum absolute atomic E-state index is 0.228. The Labute approximate surface area is 136 Å². The molecule has 0 aromatic carbocycles. The number of aromatic nitrogens is 2. The van der Waals surface area contributed by atoms with Gasteiger partial charge in [-0.3, -0.25) is 5.43 Å². The molecule has 8 nitrogen and oxygen atoms in total. The van der Waals surface area contributed by atoms with Crippen molar-refractivity contribution >= 4 is 17.5 Å². The second-order valence-corrected chi connectivity index (χ2v) is 5.15. The molecule has 126 valence electrons. The quantitative estimate of drug-likeness (QED) is 0.789. The van der Waals surface area contributed by atoms with Crippen LogP contribution in [0.4, 0.5) is 11.6 Å². The summed E-state index contributed by atoms with van der Waals surface area (Å²) >= 11 is 0. The molecule has 23 heavy (non-hydrogen) atoms. The van der Waals surface area contributed by atoms with Crippen LogP contribution in [0, 0.1) is 0 Å². The van der Waals surface area contributed by atoms with E-state index in [9.17, 15) is 0 Å². The highest BCUT2D eigenvalue weighted by molar-refractivity contribution is 5.89. The van der Waals surface area contributed by atoms with Gasteiger partial charge in [0, 0.05) is 39.4 Å². The monoisotopic (exact) mass is 320 g/mol. The summed E-state index contributed by atoms with van der Waals surface area (Å²) in [6.07, 6.45) is 4.32. The van der Waals surface area contributed by atoms with Crippen molar-refractivity contribution in [3.63, 3.8) is 0 Å². The molecular weight excluding hydrogens is 296 g/mol. The van der Waals surface area contributed by atoms with Crippen LogP contribution in [0.2, 0.25) is 0 Å². The third-order valence-corrected chi connectivity index (χ3v) is 2.92. The number of hydrogen-bond acceptors (Lipinski definition) is 8. The Balaban J connectivity index is 2.05. The third kappa shape index (κ3) is 5.10.